The fourth-order valence-electron chi connectivity index (χ4n) is 5.02. The summed E-state index contributed by atoms with van der Waals surface area (Å²) in [5.74, 6) is 0. The first-order valence-corrected chi connectivity index (χ1v) is 18.4. The number of hydrogen-bond acceptors (Lipinski definition) is 5. The predicted octanol–water partition coefficient (Wildman–Crippen LogP) is 11.4. The van der Waals surface area contributed by atoms with Gasteiger partial charge in [0.2, 0.25) is 0 Å². The van der Waals surface area contributed by atoms with E-state index in [1.165, 1.54) is 167 Å². The van der Waals surface area contributed by atoms with E-state index in [-0.39, 0.29) is 0 Å². The van der Waals surface area contributed by atoms with Gasteiger partial charge in [0.15, 0.2) is 0 Å². The molecule has 0 rings (SSSR count). The van der Waals surface area contributed by atoms with Crippen molar-refractivity contribution in [2.75, 3.05) is 13.1 Å². The van der Waals surface area contributed by atoms with E-state index in [1.807, 2.05) is 0 Å². The Morgan fingerprint density at radius 2 is 0.579 bits per heavy atom. The zero-order valence-corrected chi connectivity index (χ0v) is 26.9. The van der Waals surface area contributed by atoms with Gasteiger partial charge in [-0.2, -0.15) is 11.0 Å². The molecule has 6 heteroatoms. The molecule has 230 valence electrons. The summed E-state index contributed by atoms with van der Waals surface area (Å²) >= 11 is 0. The maximum Gasteiger partial charge on any atom is 0.351 e. The molecule has 0 atom stereocenters. The van der Waals surface area contributed by atoms with E-state index in [9.17, 15) is 4.57 Å². The molecule has 0 aromatic rings. The highest BCUT2D eigenvalue weighted by atomic mass is 31.1. The molecule has 0 unspecified atom stereocenters. The van der Waals surface area contributed by atoms with Gasteiger partial charge in [-0.1, -0.05) is 181 Å². The molecule has 5 nitrogen and oxygen atoms in total. The van der Waals surface area contributed by atoms with E-state index < -0.39 is 8.25 Å². The average molecular weight is 561 g/mol. The fourth-order valence-corrected chi connectivity index (χ4v) is 5.51. The molecule has 0 amide bonds. The first-order valence-electron chi connectivity index (χ1n) is 17.1. The van der Waals surface area contributed by atoms with Crippen LogP contribution in [0.3, 0.4) is 0 Å². The molecule has 0 heterocycles. The van der Waals surface area contributed by atoms with Crippen molar-refractivity contribution in [3.8, 4) is 0 Å². The summed E-state index contributed by atoms with van der Waals surface area (Å²) < 4.78 is 21.9. The lowest BCUT2D eigenvalue weighted by molar-refractivity contribution is 0.116. The van der Waals surface area contributed by atoms with Crippen LogP contribution in [0.25, 0.3) is 0 Å². The largest absolute Gasteiger partial charge is 0.351 e. The van der Waals surface area contributed by atoms with Gasteiger partial charge in [-0.3, -0.25) is 4.57 Å². The molecule has 2 N–H and O–H groups in total. The van der Waals surface area contributed by atoms with Gasteiger partial charge in [0.1, 0.15) is 0 Å². The smallest absolute Gasteiger partial charge is 0.260 e. The van der Waals surface area contributed by atoms with Crippen molar-refractivity contribution in [3.63, 3.8) is 0 Å². The second-order valence-corrected chi connectivity index (χ2v) is 12.3. The molecule has 0 fully saturated rings. The average Bonchev–Trinajstić information content (AvgIpc) is 2.92. The summed E-state index contributed by atoms with van der Waals surface area (Å²) in [5.41, 5.74) is 5.60. The molecule has 0 aliphatic heterocycles. The van der Waals surface area contributed by atoms with E-state index >= 15 is 0 Å². The molecule has 0 bridgehead atoms. The van der Waals surface area contributed by atoms with Crippen LogP contribution in [0.4, 0.5) is 0 Å². The lowest BCUT2D eigenvalue weighted by atomic mass is 10.0. The van der Waals surface area contributed by atoms with Gasteiger partial charge in [0.25, 0.3) is 0 Å². The molecule has 38 heavy (non-hydrogen) atoms. The Bertz CT molecular complexity index is 416. The van der Waals surface area contributed by atoms with Gasteiger partial charge in [-0.05, 0) is 12.8 Å². The molecule has 0 saturated carbocycles. The number of nitrogens with one attached hydrogen (secondary N) is 2. The minimum absolute atomic E-state index is 0.733. The summed E-state index contributed by atoms with van der Waals surface area (Å²) in [6, 6.07) is 0. The van der Waals surface area contributed by atoms with Gasteiger partial charge in [0, 0.05) is 13.1 Å². The third-order valence-corrected chi connectivity index (χ3v) is 8.20. The van der Waals surface area contributed by atoms with Gasteiger partial charge in [0.05, 0.1) is 0 Å². The van der Waals surface area contributed by atoms with Crippen LogP contribution in [-0.2, 0) is 13.8 Å². The Kier molecular flexibility index (Phi) is 35.2. The van der Waals surface area contributed by atoms with E-state index in [0.717, 1.165) is 25.9 Å². The van der Waals surface area contributed by atoms with Crippen molar-refractivity contribution in [2.45, 2.75) is 194 Å². The number of rotatable bonds is 34. The molecule has 0 aliphatic rings. The summed E-state index contributed by atoms with van der Waals surface area (Å²) in [6.45, 7) is 6.03. The topological polar surface area (TPSA) is 59.6 Å². The minimum Gasteiger partial charge on any atom is -0.260 e. The third kappa shape index (κ3) is 34.1. The molecule has 0 aromatic carbocycles. The number of hydroxylamine groups is 2. The summed E-state index contributed by atoms with van der Waals surface area (Å²) in [4.78, 5) is 0. The van der Waals surface area contributed by atoms with Crippen LogP contribution in [0.1, 0.15) is 194 Å². The van der Waals surface area contributed by atoms with Crippen LogP contribution in [0, 0.1) is 0 Å². The summed E-state index contributed by atoms with van der Waals surface area (Å²) in [5, 5.41) is 0. The Hall–Kier alpha value is 0.0700. The summed E-state index contributed by atoms with van der Waals surface area (Å²) in [6.07, 6.45) is 37.9. The van der Waals surface area contributed by atoms with Gasteiger partial charge < -0.3 is 0 Å². The standard InChI is InChI=1S/C32H69N2O3P/c1-3-5-7-9-11-13-15-17-19-21-23-25-27-29-31-33-36-38(35)37-34-32-30-28-26-24-22-20-18-16-14-12-10-8-6-4-2/h33-34,38H,3-32H2,1-2H3. The van der Waals surface area contributed by atoms with Crippen molar-refractivity contribution in [3.05, 3.63) is 0 Å². The Morgan fingerprint density at radius 3 is 0.816 bits per heavy atom. The molecule has 0 aromatic heterocycles. The van der Waals surface area contributed by atoms with Crippen molar-refractivity contribution in [1.29, 1.82) is 0 Å². The highest BCUT2D eigenvalue weighted by Gasteiger charge is 2.00. The van der Waals surface area contributed by atoms with Crippen molar-refractivity contribution >= 4 is 8.25 Å². The van der Waals surface area contributed by atoms with Gasteiger partial charge >= 0.3 is 8.25 Å². The van der Waals surface area contributed by atoms with E-state index in [2.05, 4.69) is 24.8 Å². The van der Waals surface area contributed by atoms with Crippen LogP contribution in [0.15, 0.2) is 0 Å². The van der Waals surface area contributed by atoms with Crippen LogP contribution >= 0.6 is 8.25 Å². The summed E-state index contributed by atoms with van der Waals surface area (Å²) in [7, 11) is -2.50. The van der Waals surface area contributed by atoms with Gasteiger partial charge in [-0.15, -0.1) is 0 Å². The van der Waals surface area contributed by atoms with E-state index in [4.69, 9.17) is 9.25 Å². The lowest BCUT2D eigenvalue weighted by Gasteiger charge is -2.07. The van der Waals surface area contributed by atoms with Crippen LogP contribution in [0.5, 0.6) is 0 Å². The normalized spacial score (nSPS) is 11.7. The van der Waals surface area contributed by atoms with Crippen molar-refractivity contribution in [1.82, 2.24) is 11.0 Å². The van der Waals surface area contributed by atoms with Crippen LogP contribution < -0.4 is 11.0 Å². The quantitative estimate of drug-likeness (QED) is 0.0465. The van der Waals surface area contributed by atoms with Crippen LogP contribution in [-0.4, -0.2) is 13.1 Å². The van der Waals surface area contributed by atoms with Crippen LogP contribution in [0.2, 0.25) is 0 Å². The molecule has 0 spiro atoms. The maximum absolute atomic E-state index is 11.8. The molecule has 0 saturated heterocycles. The lowest BCUT2D eigenvalue weighted by Crippen LogP contribution is -2.16. The number of unbranched alkanes of at least 4 members (excludes halogenated alkanes) is 26. The molecule has 0 radical (unpaired) electrons. The second kappa shape index (κ2) is 35.1. The third-order valence-electron chi connectivity index (χ3n) is 7.58. The molecular weight excluding hydrogens is 491 g/mol. The highest BCUT2D eigenvalue weighted by Crippen LogP contribution is 2.19. The minimum atomic E-state index is -2.50. The van der Waals surface area contributed by atoms with Crippen molar-refractivity contribution < 1.29 is 13.8 Å². The first-order chi connectivity index (χ1) is 18.8. The monoisotopic (exact) mass is 561 g/mol. The van der Waals surface area contributed by atoms with Gasteiger partial charge in [-0.25, -0.2) is 9.25 Å². The molecular formula is C32H69N2O3P. The zero-order chi connectivity index (χ0) is 27.6. The first kappa shape index (κ1) is 38.1. The highest BCUT2D eigenvalue weighted by molar-refractivity contribution is 7.33. The zero-order valence-electron chi connectivity index (χ0n) is 25.9. The van der Waals surface area contributed by atoms with E-state index in [1.54, 1.807) is 0 Å². The predicted molar refractivity (Wildman–Crippen MR) is 168 cm³/mol. The Labute approximate surface area is 239 Å². The van der Waals surface area contributed by atoms with Crippen molar-refractivity contribution in [2.24, 2.45) is 0 Å². The maximum atomic E-state index is 11.8. The SMILES string of the molecule is CCCCCCCCCCCCCCCCNO[PH](=O)ONCCCCCCCCCCCCCCCC. The Morgan fingerprint density at radius 1 is 0.368 bits per heavy atom. The molecule has 0 aliphatic carbocycles. The van der Waals surface area contributed by atoms with E-state index in [0.29, 0.717) is 0 Å². The second-order valence-electron chi connectivity index (χ2n) is 11.4. The fraction of sp³-hybridized carbons (Fsp3) is 1.00. The Balaban J connectivity index is 3.14. The number of hydrogen-bond donors (Lipinski definition) is 2.